The van der Waals surface area contributed by atoms with Crippen molar-refractivity contribution in [3.8, 4) is 0 Å². The predicted molar refractivity (Wildman–Crippen MR) is 131 cm³/mol. The number of hydrazine groups is 1. The Balaban J connectivity index is 0.000000913. The molecule has 0 saturated carbocycles. The normalized spacial score (nSPS) is 15.5. The van der Waals surface area contributed by atoms with E-state index in [-0.39, 0.29) is 18.4 Å². The molecular formula is C22H24Cl2N4O3S. The molecule has 1 amide bonds. The van der Waals surface area contributed by atoms with Crippen LogP contribution in [0.3, 0.4) is 0 Å². The lowest BCUT2D eigenvalue weighted by molar-refractivity contribution is -0.127. The van der Waals surface area contributed by atoms with E-state index in [1.807, 2.05) is 12.1 Å². The Kier molecular flexibility index (Phi) is 8.72. The van der Waals surface area contributed by atoms with Gasteiger partial charge in [-0.25, -0.2) is 0 Å². The maximum atomic E-state index is 13.3. The van der Waals surface area contributed by atoms with Crippen molar-refractivity contribution in [1.29, 1.82) is 0 Å². The number of anilines is 1. The summed E-state index contributed by atoms with van der Waals surface area (Å²) < 4.78 is 1.18. The molecule has 7 nitrogen and oxygen atoms in total. The van der Waals surface area contributed by atoms with E-state index in [2.05, 4.69) is 45.9 Å². The number of rotatable bonds is 5. The van der Waals surface area contributed by atoms with Crippen LogP contribution in [0.2, 0.25) is 10.0 Å². The highest BCUT2D eigenvalue weighted by Gasteiger charge is 2.31. The minimum Gasteiger partial charge on any atom is -0.483 e. The summed E-state index contributed by atoms with van der Waals surface area (Å²) in [5, 5.41) is 9.07. The third kappa shape index (κ3) is 6.34. The summed E-state index contributed by atoms with van der Waals surface area (Å²) in [6, 6.07) is 15.1. The quantitative estimate of drug-likeness (QED) is 0.361. The number of amides is 1. The third-order valence-corrected chi connectivity index (χ3v) is 6.66. The molecule has 0 radical (unpaired) electrons. The number of fused-ring (bicyclic) bond motifs is 1. The minimum absolute atomic E-state index is 0.0998. The molecule has 1 aromatic heterocycles. The van der Waals surface area contributed by atoms with E-state index in [1.165, 1.54) is 4.70 Å². The van der Waals surface area contributed by atoms with Gasteiger partial charge in [-0.1, -0.05) is 41.4 Å². The molecule has 1 unspecified atom stereocenters. The molecular weight excluding hydrogens is 471 g/mol. The molecule has 2 heterocycles. The molecule has 2 aromatic carbocycles. The number of carboxylic acid groups (broad SMARTS) is 1. The van der Waals surface area contributed by atoms with Crippen LogP contribution in [0.1, 0.15) is 10.9 Å². The molecule has 3 aromatic rings. The molecule has 0 spiro atoms. The van der Waals surface area contributed by atoms with Crippen molar-refractivity contribution < 1.29 is 14.7 Å². The van der Waals surface area contributed by atoms with Gasteiger partial charge in [-0.15, -0.1) is 11.3 Å². The van der Waals surface area contributed by atoms with Gasteiger partial charge in [0.15, 0.2) is 0 Å². The molecule has 1 fully saturated rings. The highest BCUT2D eigenvalue weighted by atomic mass is 35.5. The first-order chi connectivity index (χ1) is 15.4. The Bertz CT molecular complexity index is 1020. The van der Waals surface area contributed by atoms with Crippen molar-refractivity contribution in [3.05, 3.63) is 63.5 Å². The summed E-state index contributed by atoms with van der Waals surface area (Å²) in [7, 11) is 2.11. The number of benzene rings is 2. The molecule has 1 aliphatic heterocycles. The van der Waals surface area contributed by atoms with Crippen molar-refractivity contribution in [3.63, 3.8) is 0 Å². The summed E-state index contributed by atoms with van der Waals surface area (Å²) in [4.78, 5) is 27.2. The molecule has 3 N–H and O–H groups in total. The minimum atomic E-state index is -0.358. The summed E-state index contributed by atoms with van der Waals surface area (Å²) in [5.41, 5.74) is 6.45. The molecule has 1 saturated heterocycles. The first-order valence-corrected chi connectivity index (χ1v) is 11.5. The number of thiophene rings is 1. The summed E-state index contributed by atoms with van der Waals surface area (Å²) in [6.07, 6.45) is 0. The van der Waals surface area contributed by atoms with E-state index in [0.717, 1.165) is 36.4 Å². The number of nitrogens with one attached hydrogen (secondary N) is 2. The maximum Gasteiger partial charge on any atom is 0.290 e. The standard InChI is InChI=1S/C21H22Cl2N4OS.CH2O2/c1-26-6-8-27(9-7-26)20(19-10-14-4-2-3-5-18(14)29-19)21(28)25-24-17-12-15(22)11-16(23)13-17;2-1-3/h2-5,10-13,20,24H,6-9H2,1H3,(H,25,28);1H,(H,2,3). The first-order valence-electron chi connectivity index (χ1n) is 9.92. The Morgan fingerprint density at radius 1 is 1.09 bits per heavy atom. The smallest absolute Gasteiger partial charge is 0.290 e. The predicted octanol–water partition coefficient (Wildman–Crippen LogP) is 4.34. The summed E-state index contributed by atoms with van der Waals surface area (Å²) in [5.74, 6) is -0.0998. The fourth-order valence-electron chi connectivity index (χ4n) is 3.52. The molecule has 170 valence electrons. The lowest BCUT2D eigenvalue weighted by Crippen LogP contribution is -2.50. The van der Waals surface area contributed by atoms with Crippen molar-refractivity contribution in [1.82, 2.24) is 15.2 Å². The summed E-state index contributed by atoms with van der Waals surface area (Å²) >= 11 is 13.8. The van der Waals surface area contributed by atoms with Crippen LogP contribution in [0.25, 0.3) is 10.1 Å². The van der Waals surface area contributed by atoms with Gasteiger partial charge in [0.2, 0.25) is 0 Å². The van der Waals surface area contributed by atoms with Gasteiger partial charge < -0.3 is 10.0 Å². The van der Waals surface area contributed by atoms with Gasteiger partial charge in [0.05, 0.1) is 5.69 Å². The maximum absolute atomic E-state index is 13.3. The molecule has 0 bridgehead atoms. The van der Waals surface area contributed by atoms with Crippen LogP contribution in [0.5, 0.6) is 0 Å². The fourth-order valence-corrected chi connectivity index (χ4v) is 5.25. The van der Waals surface area contributed by atoms with E-state index >= 15 is 0 Å². The van der Waals surface area contributed by atoms with Gasteiger partial charge in [0, 0.05) is 45.8 Å². The Hall–Kier alpha value is -2.36. The van der Waals surface area contributed by atoms with E-state index < -0.39 is 0 Å². The number of piperazine rings is 1. The van der Waals surface area contributed by atoms with Crippen molar-refractivity contribution >= 4 is 62.7 Å². The highest BCUT2D eigenvalue weighted by molar-refractivity contribution is 7.19. The van der Waals surface area contributed by atoms with Crippen molar-refractivity contribution in [2.24, 2.45) is 0 Å². The summed E-state index contributed by atoms with van der Waals surface area (Å²) in [6.45, 7) is 3.30. The van der Waals surface area contributed by atoms with Crippen LogP contribution >= 0.6 is 34.5 Å². The van der Waals surface area contributed by atoms with Crippen LogP contribution in [0.4, 0.5) is 5.69 Å². The number of carbonyl (C=O) groups excluding carboxylic acids is 1. The van der Waals surface area contributed by atoms with E-state index in [1.54, 1.807) is 29.5 Å². The van der Waals surface area contributed by atoms with Crippen LogP contribution in [0.15, 0.2) is 48.5 Å². The van der Waals surface area contributed by atoms with Crippen LogP contribution in [0, 0.1) is 0 Å². The number of halogens is 2. The molecule has 0 aliphatic carbocycles. The fraction of sp³-hybridized carbons (Fsp3) is 0.273. The first kappa shape index (κ1) is 24.3. The second-order valence-corrected chi connectivity index (χ2v) is 9.29. The average Bonchev–Trinajstić information content (AvgIpc) is 3.17. The van der Waals surface area contributed by atoms with Gasteiger partial charge in [0.25, 0.3) is 12.4 Å². The van der Waals surface area contributed by atoms with Crippen LogP contribution < -0.4 is 10.9 Å². The van der Waals surface area contributed by atoms with E-state index in [0.29, 0.717) is 15.7 Å². The zero-order valence-corrected chi connectivity index (χ0v) is 19.8. The Labute approximate surface area is 200 Å². The largest absolute Gasteiger partial charge is 0.483 e. The monoisotopic (exact) mass is 494 g/mol. The third-order valence-electron chi connectivity index (χ3n) is 5.06. The zero-order valence-electron chi connectivity index (χ0n) is 17.4. The average molecular weight is 495 g/mol. The van der Waals surface area contributed by atoms with E-state index in [4.69, 9.17) is 33.1 Å². The number of hydrogen-bond donors (Lipinski definition) is 3. The molecule has 10 heteroatoms. The lowest BCUT2D eigenvalue weighted by Gasteiger charge is -2.36. The highest BCUT2D eigenvalue weighted by Crippen LogP contribution is 2.33. The van der Waals surface area contributed by atoms with Gasteiger partial charge in [0.1, 0.15) is 6.04 Å². The van der Waals surface area contributed by atoms with E-state index in [9.17, 15) is 4.79 Å². The zero-order chi connectivity index (χ0) is 23.1. The van der Waals surface area contributed by atoms with Crippen molar-refractivity contribution in [2.75, 3.05) is 38.7 Å². The van der Waals surface area contributed by atoms with Gasteiger partial charge in [-0.05, 0) is 42.8 Å². The Morgan fingerprint density at radius 3 is 2.34 bits per heavy atom. The SMILES string of the molecule is CN1CCN(C(C(=O)NNc2cc(Cl)cc(Cl)c2)c2cc3ccccc3s2)CC1.O=CO. The number of nitrogens with zero attached hydrogens (tertiary/aromatic N) is 2. The number of hydrogen-bond acceptors (Lipinski definition) is 6. The molecule has 32 heavy (non-hydrogen) atoms. The van der Waals surface area contributed by atoms with Gasteiger partial charge in [-0.3, -0.25) is 25.3 Å². The number of likely N-dealkylation sites (N-methyl/N-ethyl adjacent to an activating group) is 1. The Morgan fingerprint density at radius 2 is 1.72 bits per heavy atom. The van der Waals surface area contributed by atoms with Crippen LogP contribution in [-0.2, 0) is 9.59 Å². The number of carbonyl (C=O) groups is 2. The lowest BCUT2D eigenvalue weighted by atomic mass is 10.1. The van der Waals surface area contributed by atoms with Gasteiger partial charge in [-0.2, -0.15) is 0 Å². The van der Waals surface area contributed by atoms with Crippen LogP contribution in [-0.4, -0.2) is 60.5 Å². The van der Waals surface area contributed by atoms with Crippen molar-refractivity contribution in [2.45, 2.75) is 6.04 Å². The van der Waals surface area contributed by atoms with Gasteiger partial charge >= 0.3 is 0 Å². The molecule has 1 aliphatic rings. The second-order valence-electron chi connectivity index (χ2n) is 7.31. The molecule has 4 rings (SSSR count). The molecule has 1 atom stereocenters. The topological polar surface area (TPSA) is 84.9 Å². The second kappa shape index (κ2) is 11.5.